The highest BCUT2D eigenvalue weighted by atomic mass is 32.1. The van der Waals surface area contributed by atoms with Crippen LogP contribution in [0.25, 0.3) is 5.00 Å². The minimum absolute atomic E-state index is 0.561. The molecule has 35 heavy (non-hydrogen) atoms. The standard InChI is InChI=1S/C26H26N6O2S/c1-14-16(3)35-25-21(14)23(29-22(15(2)26(33)34)24-31-30-17(4)32(24)25)19-5-7-20(8-6-19)28-13-18-9-11-27-12-10-18/h5-12,15,22,28H,13H2,1-4H3,(H,33,34)/t15-,22?/m0/s1. The van der Waals surface area contributed by atoms with Gasteiger partial charge in [-0.1, -0.05) is 12.1 Å². The quantitative estimate of drug-likeness (QED) is 0.403. The van der Waals surface area contributed by atoms with Crippen molar-refractivity contribution in [3.63, 3.8) is 0 Å². The van der Waals surface area contributed by atoms with Gasteiger partial charge in [-0.25, -0.2) is 0 Å². The molecule has 178 valence electrons. The number of rotatable bonds is 6. The van der Waals surface area contributed by atoms with Crippen molar-refractivity contribution in [3.05, 3.63) is 87.6 Å². The number of thiophene rings is 1. The predicted molar refractivity (Wildman–Crippen MR) is 137 cm³/mol. The van der Waals surface area contributed by atoms with Gasteiger partial charge in [-0.2, -0.15) is 0 Å². The zero-order chi connectivity index (χ0) is 24.7. The van der Waals surface area contributed by atoms with Crippen molar-refractivity contribution in [1.82, 2.24) is 19.7 Å². The lowest BCUT2D eigenvalue weighted by atomic mass is 9.98. The molecule has 0 spiro atoms. The van der Waals surface area contributed by atoms with Gasteiger partial charge in [0, 0.05) is 40.6 Å². The van der Waals surface area contributed by atoms with E-state index in [1.165, 1.54) is 4.88 Å². The molecule has 9 heteroatoms. The zero-order valence-corrected chi connectivity index (χ0v) is 20.8. The van der Waals surface area contributed by atoms with Crippen LogP contribution in [0.5, 0.6) is 0 Å². The second-order valence-corrected chi connectivity index (χ2v) is 9.94. The monoisotopic (exact) mass is 486 g/mol. The number of benzene rings is 1. The minimum atomic E-state index is -0.917. The van der Waals surface area contributed by atoms with Gasteiger partial charge >= 0.3 is 5.97 Å². The number of aromatic nitrogens is 4. The van der Waals surface area contributed by atoms with Gasteiger partial charge in [0.2, 0.25) is 0 Å². The molecule has 0 saturated carbocycles. The summed E-state index contributed by atoms with van der Waals surface area (Å²) >= 11 is 1.66. The number of fused-ring (bicyclic) bond motifs is 3. The molecule has 8 nitrogen and oxygen atoms in total. The molecule has 2 atom stereocenters. The van der Waals surface area contributed by atoms with E-state index >= 15 is 0 Å². The van der Waals surface area contributed by atoms with Crippen LogP contribution in [-0.2, 0) is 11.3 Å². The van der Waals surface area contributed by atoms with E-state index in [1.807, 2.05) is 47.9 Å². The number of hydrogen-bond acceptors (Lipinski definition) is 7. The summed E-state index contributed by atoms with van der Waals surface area (Å²) in [4.78, 5) is 22.3. The van der Waals surface area contributed by atoms with E-state index in [4.69, 9.17) is 4.99 Å². The average molecular weight is 487 g/mol. The first-order valence-corrected chi connectivity index (χ1v) is 12.2. The van der Waals surface area contributed by atoms with Gasteiger partial charge in [-0.05, 0) is 63.1 Å². The maximum atomic E-state index is 12.0. The Kier molecular flexibility index (Phi) is 5.94. The predicted octanol–water partition coefficient (Wildman–Crippen LogP) is 4.87. The van der Waals surface area contributed by atoms with E-state index in [1.54, 1.807) is 30.7 Å². The largest absolute Gasteiger partial charge is 0.481 e. The average Bonchev–Trinajstić information content (AvgIpc) is 3.33. The number of aliphatic imine (C=N–C) groups is 1. The van der Waals surface area contributed by atoms with Crippen LogP contribution in [-0.4, -0.2) is 36.5 Å². The third kappa shape index (κ3) is 4.12. The molecule has 0 saturated heterocycles. The van der Waals surface area contributed by atoms with Crippen LogP contribution in [0.1, 0.15) is 51.7 Å². The van der Waals surface area contributed by atoms with Crippen molar-refractivity contribution in [2.45, 2.75) is 40.3 Å². The van der Waals surface area contributed by atoms with E-state index in [2.05, 4.69) is 34.3 Å². The Labute approximate surface area is 207 Å². The highest BCUT2D eigenvalue weighted by Gasteiger charge is 2.36. The van der Waals surface area contributed by atoms with E-state index in [0.29, 0.717) is 12.4 Å². The number of pyridine rings is 1. The lowest BCUT2D eigenvalue weighted by Gasteiger charge is -2.16. The Morgan fingerprint density at radius 3 is 2.51 bits per heavy atom. The first kappa shape index (κ1) is 22.9. The van der Waals surface area contributed by atoms with Gasteiger partial charge in [0.05, 0.1) is 11.6 Å². The zero-order valence-electron chi connectivity index (χ0n) is 20.0. The topological polar surface area (TPSA) is 105 Å². The molecule has 0 bridgehead atoms. The highest BCUT2D eigenvalue weighted by molar-refractivity contribution is 7.15. The first-order chi connectivity index (χ1) is 16.8. The third-order valence-corrected chi connectivity index (χ3v) is 7.65. The van der Waals surface area contributed by atoms with Crippen molar-refractivity contribution in [2.24, 2.45) is 10.9 Å². The van der Waals surface area contributed by atoms with E-state index in [-0.39, 0.29) is 0 Å². The molecule has 2 N–H and O–H groups in total. The lowest BCUT2D eigenvalue weighted by Crippen LogP contribution is -2.21. The number of nitrogens with one attached hydrogen (secondary N) is 1. The number of carboxylic acids is 1. The van der Waals surface area contributed by atoms with Crippen LogP contribution in [0.15, 0.2) is 53.8 Å². The SMILES string of the molecule is Cc1sc2c(c1C)C(c1ccc(NCc3ccncc3)cc1)=NC([C@H](C)C(=O)O)c1nnc(C)n1-2. The van der Waals surface area contributed by atoms with Crippen molar-refractivity contribution >= 4 is 28.7 Å². The molecule has 1 aliphatic rings. The fraction of sp³-hybridized carbons (Fsp3) is 0.269. The fourth-order valence-corrected chi connectivity index (χ4v) is 5.48. The van der Waals surface area contributed by atoms with Crippen molar-refractivity contribution in [2.75, 3.05) is 5.32 Å². The van der Waals surface area contributed by atoms with E-state index in [0.717, 1.165) is 44.5 Å². The highest BCUT2D eigenvalue weighted by Crippen LogP contribution is 2.40. The summed E-state index contributed by atoms with van der Waals surface area (Å²) in [5.74, 6) is -0.397. The van der Waals surface area contributed by atoms with Gasteiger partial charge in [0.25, 0.3) is 0 Å². The fourth-order valence-electron chi connectivity index (χ4n) is 4.27. The number of carbonyl (C=O) groups is 1. The van der Waals surface area contributed by atoms with Gasteiger partial charge < -0.3 is 10.4 Å². The van der Waals surface area contributed by atoms with Crippen LogP contribution in [0.4, 0.5) is 5.69 Å². The second kappa shape index (κ2) is 9.07. The maximum absolute atomic E-state index is 12.0. The summed E-state index contributed by atoms with van der Waals surface area (Å²) in [7, 11) is 0. The Morgan fingerprint density at radius 1 is 1.11 bits per heavy atom. The number of aryl methyl sites for hydroxylation is 2. The number of carboxylic acid groups (broad SMARTS) is 1. The molecular formula is C26H26N6O2S. The van der Waals surface area contributed by atoms with Crippen molar-refractivity contribution in [3.8, 4) is 5.00 Å². The summed E-state index contributed by atoms with van der Waals surface area (Å²) in [6, 6.07) is 11.4. The summed E-state index contributed by atoms with van der Waals surface area (Å²) < 4.78 is 1.98. The van der Waals surface area contributed by atoms with Crippen LogP contribution >= 0.6 is 11.3 Å². The molecule has 4 heterocycles. The summed E-state index contributed by atoms with van der Waals surface area (Å²) in [5, 5.41) is 22.9. The maximum Gasteiger partial charge on any atom is 0.308 e. The van der Waals surface area contributed by atoms with Crippen LogP contribution in [0.3, 0.4) is 0 Å². The molecular weight excluding hydrogens is 460 g/mol. The summed E-state index contributed by atoms with van der Waals surface area (Å²) in [5.41, 5.74) is 5.99. The Morgan fingerprint density at radius 2 is 1.83 bits per heavy atom. The molecule has 0 aliphatic carbocycles. The van der Waals surface area contributed by atoms with Crippen molar-refractivity contribution < 1.29 is 9.90 Å². The smallest absolute Gasteiger partial charge is 0.308 e. The van der Waals surface area contributed by atoms with Gasteiger partial charge in [-0.3, -0.25) is 19.3 Å². The van der Waals surface area contributed by atoms with Gasteiger partial charge in [-0.15, -0.1) is 21.5 Å². The number of anilines is 1. The Hall–Kier alpha value is -3.85. The molecule has 0 amide bonds. The van der Waals surface area contributed by atoms with Gasteiger partial charge in [0.15, 0.2) is 5.82 Å². The molecule has 5 rings (SSSR count). The first-order valence-electron chi connectivity index (χ1n) is 11.4. The molecule has 3 aromatic heterocycles. The molecule has 4 aromatic rings. The molecule has 0 fully saturated rings. The molecule has 0 radical (unpaired) electrons. The number of nitrogens with zero attached hydrogens (tertiary/aromatic N) is 5. The summed E-state index contributed by atoms with van der Waals surface area (Å²) in [6.07, 6.45) is 3.56. The van der Waals surface area contributed by atoms with E-state index in [9.17, 15) is 9.90 Å². The molecule has 1 unspecified atom stereocenters. The minimum Gasteiger partial charge on any atom is -0.481 e. The number of aliphatic carboxylic acids is 1. The van der Waals surface area contributed by atoms with Crippen LogP contribution in [0.2, 0.25) is 0 Å². The number of hydrogen-bond donors (Lipinski definition) is 2. The molecule has 1 aromatic carbocycles. The second-order valence-electron chi connectivity index (χ2n) is 8.74. The third-order valence-electron chi connectivity index (χ3n) is 6.46. The van der Waals surface area contributed by atoms with Crippen molar-refractivity contribution in [1.29, 1.82) is 0 Å². The van der Waals surface area contributed by atoms with Crippen LogP contribution < -0.4 is 5.32 Å². The van der Waals surface area contributed by atoms with Gasteiger partial charge in [0.1, 0.15) is 16.9 Å². The Balaban J connectivity index is 1.58. The normalized spacial score (nSPS) is 15.5. The lowest BCUT2D eigenvalue weighted by molar-refractivity contribution is -0.141. The van der Waals surface area contributed by atoms with E-state index < -0.39 is 17.9 Å². The Bertz CT molecular complexity index is 1420. The van der Waals surface area contributed by atoms with Crippen LogP contribution in [0, 0.1) is 26.7 Å². The summed E-state index contributed by atoms with van der Waals surface area (Å²) in [6.45, 7) is 8.44. The molecule has 1 aliphatic heterocycles.